The largest absolute Gasteiger partial charge is 0.294 e. The van der Waals surface area contributed by atoms with Gasteiger partial charge < -0.3 is 0 Å². The van der Waals surface area contributed by atoms with Gasteiger partial charge in [0, 0.05) is 17.7 Å². The lowest BCUT2D eigenvalue weighted by atomic mass is 9.86. The van der Waals surface area contributed by atoms with Gasteiger partial charge in [0.15, 0.2) is 0 Å². The van der Waals surface area contributed by atoms with E-state index in [0.717, 1.165) is 29.8 Å². The molecule has 0 unspecified atom stereocenters. The molecule has 1 aromatic heterocycles. The third-order valence-electron chi connectivity index (χ3n) is 7.14. The summed E-state index contributed by atoms with van der Waals surface area (Å²) in [6.45, 7) is 0. The molecule has 5 heteroatoms. The van der Waals surface area contributed by atoms with Gasteiger partial charge >= 0.3 is 0 Å². The Kier molecular flexibility index (Phi) is 4.25. The number of aromatic nitrogens is 2. The predicted octanol–water partition coefficient (Wildman–Crippen LogP) is 3.95. The number of rotatable bonds is 4. The van der Waals surface area contributed by atoms with Gasteiger partial charge in [-0.2, -0.15) is 5.10 Å². The van der Waals surface area contributed by atoms with Crippen LogP contribution in [0.15, 0.2) is 29.1 Å². The van der Waals surface area contributed by atoms with E-state index in [9.17, 15) is 9.59 Å². The molecule has 1 heterocycles. The number of fused-ring (bicyclic) bond motifs is 3. The summed E-state index contributed by atoms with van der Waals surface area (Å²) >= 11 is 0. The molecule has 2 aromatic rings. The van der Waals surface area contributed by atoms with Crippen LogP contribution in [0, 0.1) is 17.8 Å². The molecular formula is C22H27N3O2. The number of benzene rings is 1. The fourth-order valence-corrected chi connectivity index (χ4v) is 5.82. The van der Waals surface area contributed by atoms with Gasteiger partial charge in [-0.3, -0.25) is 9.59 Å². The third-order valence-corrected chi connectivity index (χ3v) is 7.14. The van der Waals surface area contributed by atoms with Crippen LogP contribution in [-0.2, 0) is 4.79 Å². The van der Waals surface area contributed by atoms with Gasteiger partial charge in [-0.05, 0) is 55.9 Å². The molecule has 3 aliphatic rings. The van der Waals surface area contributed by atoms with Crippen LogP contribution in [-0.4, -0.2) is 15.8 Å². The first-order valence-corrected chi connectivity index (χ1v) is 10.5. The first-order valence-electron chi connectivity index (χ1n) is 10.5. The van der Waals surface area contributed by atoms with E-state index in [1.165, 1.54) is 43.3 Å². The van der Waals surface area contributed by atoms with Crippen LogP contribution in [0.1, 0.15) is 69.4 Å². The molecular weight excluding hydrogens is 338 g/mol. The fourth-order valence-electron chi connectivity index (χ4n) is 5.82. The minimum Gasteiger partial charge on any atom is -0.273 e. The zero-order valence-electron chi connectivity index (χ0n) is 15.7. The second-order valence-corrected chi connectivity index (χ2v) is 8.80. The molecule has 0 aliphatic heterocycles. The number of hydrogen-bond acceptors (Lipinski definition) is 3. The predicted molar refractivity (Wildman–Crippen MR) is 105 cm³/mol. The highest BCUT2D eigenvalue weighted by Gasteiger charge is 2.40. The van der Waals surface area contributed by atoms with Gasteiger partial charge in [0.1, 0.15) is 0 Å². The normalized spacial score (nSPS) is 27.5. The molecule has 3 saturated carbocycles. The molecule has 5 rings (SSSR count). The summed E-state index contributed by atoms with van der Waals surface area (Å²) < 4.78 is 0. The minimum atomic E-state index is -0.228. The third kappa shape index (κ3) is 3.07. The molecule has 3 atom stereocenters. The molecule has 3 fully saturated rings. The molecule has 1 amide bonds. The van der Waals surface area contributed by atoms with Gasteiger partial charge in [-0.15, -0.1) is 4.79 Å². The SMILES string of the molecule is O=C(C[C@H]1C[C@@H]2CC[C@H]1C2)Nn1nc(C2CCCC2)c2ccccc2c1=O. The second-order valence-electron chi connectivity index (χ2n) is 8.80. The highest BCUT2D eigenvalue weighted by atomic mass is 16.2. The van der Waals surface area contributed by atoms with E-state index in [1.54, 1.807) is 0 Å². The van der Waals surface area contributed by atoms with Crippen molar-refractivity contribution in [1.82, 2.24) is 9.89 Å². The maximum atomic E-state index is 12.9. The van der Waals surface area contributed by atoms with Gasteiger partial charge in [-0.1, -0.05) is 37.5 Å². The van der Waals surface area contributed by atoms with E-state index in [4.69, 9.17) is 0 Å². The van der Waals surface area contributed by atoms with Crippen LogP contribution in [0.2, 0.25) is 0 Å². The summed E-state index contributed by atoms with van der Waals surface area (Å²) in [5.74, 6) is 2.31. The van der Waals surface area contributed by atoms with Crippen molar-refractivity contribution in [1.29, 1.82) is 0 Å². The van der Waals surface area contributed by atoms with Gasteiger partial charge in [0.2, 0.25) is 5.91 Å². The Morgan fingerprint density at radius 2 is 1.85 bits per heavy atom. The highest BCUT2D eigenvalue weighted by molar-refractivity contribution is 5.86. The van der Waals surface area contributed by atoms with Crippen molar-refractivity contribution in [3.8, 4) is 0 Å². The Morgan fingerprint density at radius 3 is 2.56 bits per heavy atom. The van der Waals surface area contributed by atoms with Crippen LogP contribution in [0.25, 0.3) is 10.8 Å². The quantitative estimate of drug-likeness (QED) is 0.892. The van der Waals surface area contributed by atoms with Crippen molar-refractivity contribution >= 4 is 16.7 Å². The van der Waals surface area contributed by atoms with Crippen LogP contribution in [0.5, 0.6) is 0 Å². The van der Waals surface area contributed by atoms with E-state index >= 15 is 0 Å². The molecule has 142 valence electrons. The standard InChI is InChI=1S/C22H27N3O2/c26-20(13-17-12-14-9-10-16(17)11-14)23-25-22(27)19-8-4-3-7-18(19)21(24-25)15-5-1-2-6-15/h3-4,7-8,14-17H,1-2,5-6,9-13H2,(H,23,26)/t14-,16+,17-/m1/s1. The summed E-state index contributed by atoms with van der Waals surface area (Å²) in [7, 11) is 0. The number of hydrogen-bond donors (Lipinski definition) is 1. The number of nitrogens with one attached hydrogen (secondary N) is 1. The van der Waals surface area contributed by atoms with Crippen LogP contribution in [0.3, 0.4) is 0 Å². The van der Waals surface area contributed by atoms with E-state index in [0.29, 0.717) is 29.6 Å². The maximum Gasteiger partial charge on any atom is 0.294 e. The average Bonchev–Trinajstić information content (AvgIpc) is 3.42. The lowest BCUT2D eigenvalue weighted by Crippen LogP contribution is -2.37. The van der Waals surface area contributed by atoms with Crippen molar-refractivity contribution in [3.63, 3.8) is 0 Å². The monoisotopic (exact) mass is 365 g/mol. The second kappa shape index (κ2) is 6.77. The molecule has 1 aromatic carbocycles. The minimum absolute atomic E-state index is 0.0743. The lowest BCUT2D eigenvalue weighted by Gasteiger charge is -2.21. The molecule has 0 radical (unpaired) electrons. The first kappa shape index (κ1) is 17.0. The number of carbonyl (C=O) groups excluding carboxylic acids is 1. The first-order chi connectivity index (χ1) is 13.2. The van der Waals surface area contributed by atoms with E-state index in [2.05, 4.69) is 10.5 Å². The molecule has 2 bridgehead atoms. The Balaban J connectivity index is 1.43. The van der Waals surface area contributed by atoms with Crippen molar-refractivity contribution < 1.29 is 4.79 Å². The van der Waals surface area contributed by atoms with Crippen molar-refractivity contribution in [2.45, 2.75) is 63.7 Å². The van der Waals surface area contributed by atoms with E-state index in [1.807, 2.05) is 24.3 Å². The van der Waals surface area contributed by atoms with Crippen LogP contribution >= 0.6 is 0 Å². The summed E-state index contributed by atoms with van der Waals surface area (Å²) in [4.78, 5) is 26.8. The zero-order valence-corrected chi connectivity index (χ0v) is 15.7. The van der Waals surface area contributed by atoms with E-state index < -0.39 is 0 Å². The Bertz CT molecular complexity index is 929. The van der Waals surface area contributed by atoms with Gasteiger partial charge in [-0.25, -0.2) is 5.43 Å². The summed E-state index contributed by atoms with van der Waals surface area (Å²) in [5, 5.41) is 6.20. The summed E-state index contributed by atoms with van der Waals surface area (Å²) in [5.41, 5.74) is 3.54. The number of nitrogens with zero attached hydrogens (tertiary/aromatic N) is 2. The van der Waals surface area contributed by atoms with Gasteiger partial charge in [0.25, 0.3) is 5.56 Å². The van der Waals surface area contributed by atoms with Crippen molar-refractivity contribution in [2.75, 3.05) is 5.43 Å². The zero-order chi connectivity index (χ0) is 18.4. The molecule has 27 heavy (non-hydrogen) atoms. The van der Waals surface area contributed by atoms with E-state index in [-0.39, 0.29) is 11.5 Å². The summed E-state index contributed by atoms with van der Waals surface area (Å²) in [6.07, 6.45) is 10.2. The maximum absolute atomic E-state index is 12.9. The number of carbonyl (C=O) groups is 1. The van der Waals surface area contributed by atoms with Crippen molar-refractivity contribution in [3.05, 3.63) is 40.3 Å². The number of amides is 1. The molecule has 3 aliphatic carbocycles. The topological polar surface area (TPSA) is 64.0 Å². The summed E-state index contributed by atoms with van der Waals surface area (Å²) in [6, 6.07) is 7.67. The lowest BCUT2D eigenvalue weighted by molar-refractivity contribution is -0.118. The van der Waals surface area contributed by atoms with Crippen LogP contribution < -0.4 is 11.0 Å². The molecule has 0 spiro atoms. The molecule has 0 saturated heterocycles. The molecule has 1 N–H and O–H groups in total. The molecule has 5 nitrogen and oxygen atoms in total. The Labute approximate surface area is 159 Å². The smallest absolute Gasteiger partial charge is 0.273 e. The Morgan fingerprint density at radius 1 is 1.07 bits per heavy atom. The highest BCUT2D eigenvalue weighted by Crippen LogP contribution is 2.49. The van der Waals surface area contributed by atoms with Crippen LogP contribution in [0.4, 0.5) is 0 Å². The fraction of sp³-hybridized carbons (Fsp3) is 0.591. The Hall–Kier alpha value is -2.17. The van der Waals surface area contributed by atoms with Gasteiger partial charge in [0.05, 0.1) is 11.1 Å². The van der Waals surface area contributed by atoms with Crippen molar-refractivity contribution in [2.24, 2.45) is 17.8 Å². The average molecular weight is 365 g/mol.